The second-order valence-electron chi connectivity index (χ2n) is 7.09. The molecule has 0 aliphatic rings. The predicted octanol–water partition coefficient (Wildman–Crippen LogP) is 5.34. The highest BCUT2D eigenvalue weighted by molar-refractivity contribution is 7.15. The summed E-state index contributed by atoms with van der Waals surface area (Å²) in [6.07, 6.45) is 1.39. The molecule has 3 aromatic carbocycles. The Morgan fingerprint density at radius 3 is 2.18 bits per heavy atom. The van der Waals surface area contributed by atoms with Crippen LogP contribution in [0.2, 0.25) is 0 Å². The molecule has 2 amide bonds. The molecule has 0 fully saturated rings. The van der Waals surface area contributed by atoms with Crippen LogP contribution in [-0.4, -0.2) is 23.0 Å². The SMILES string of the molecule is O=C(Nc1scc(-c2ccccc2)c1C(=O)N/N=C/c1ccc([N+](=O)[O-])cc1)c1ccccc1. The Hall–Kier alpha value is -4.63. The van der Waals surface area contributed by atoms with Crippen molar-refractivity contribution in [3.05, 3.63) is 117 Å². The third-order valence-electron chi connectivity index (χ3n) is 4.85. The Balaban J connectivity index is 1.59. The Kier molecular flexibility index (Phi) is 6.85. The minimum Gasteiger partial charge on any atom is -0.313 e. The zero-order valence-corrected chi connectivity index (χ0v) is 18.5. The van der Waals surface area contributed by atoms with Gasteiger partial charge in [0, 0.05) is 28.6 Å². The van der Waals surface area contributed by atoms with E-state index in [1.54, 1.807) is 24.3 Å². The minimum atomic E-state index is -0.498. The highest BCUT2D eigenvalue weighted by Crippen LogP contribution is 2.35. The second kappa shape index (κ2) is 10.3. The van der Waals surface area contributed by atoms with Gasteiger partial charge < -0.3 is 5.32 Å². The molecule has 4 aromatic rings. The van der Waals surface area contributed by atoms with Crippen LogP contribution in [0.15, 0.2) is 95.4 Å². The third kappa shape index (κ3) is 5.22. The number of hydrogen-bond donors (Lipinski definition) is 2. The molecule has 168 valence electrons. The number of amides is 2. The van der Waals surface area contributed by atoms with Gasteiger partial charge in [-0.3, -0.25) is 19.7 Å². The number of non-ortho nitro benzene ring substituents is 1. The summed E-state index contributed by atoms with van der Waals surface area (Å²) < 4.78 is 0. The number of benzene rings is 3. The van der Waals surface area contributed by atoms with E-state index in [2.05, 4.69) is 15.8 Å². The lowest BCUT2D eigenvalue weighted by atomic mass is 10.0. The Labute approximate surface area is 198 Å². The first-order valence-electron chi connectivity index (χ1n) is 10.1. The summed E-state index contributed by atoms with van der Waals surface area (Å²) in [5, 5.41) is 19.8. The highest BCUT2D eigenvalue weighted by Gasteiger charge is 2.22. The fourth-order valence-corrected chi connectivity index (χ4v) is 4.14. The predicted molar refractivity (Wildman–Crippen MR) is 132 cm³/mol. The fourth-order valence-electron chi connectivity index (χ4n) is 3.17. The van der Waals surface area contributed by atoms with Gasteiger partial charge in [-0.15, -0.1) is 11.3 Å². The van der Waals surface area contributed by atoms with Crippen molar-refractivity contribution >= 4 is 40.1 Å². The summed E-state index contributed by atoms with van der Waals surface area (Å²) in [7, 11) is 0. The molecule has 0 bridgehead atoms. The van der Waals surface area contributed by atoms with E-state index < -0.39 is 10.8 Å². The summed E-state index contributed by atoms with van der Waals surface area (Å²) >= 11 is 1.25. The van der Waals surface area contributed by atoms with Crippen LogP contribution in [0.1, 0.15) is 26.3 Å². The molecule has 0 saturated heterocycles. The number of nitro benzene ring substituents is 1. The monoisotopic (exact) mass is 470 g/mol. The molecule has 2 N–H and O–H groups in total. The number of anilines is 1. The summed E-state index contributed by atoms with van der Waals surface area (Å²) in [4.78, 5) is 36.1. The zero-order chi connectivity index (χ0) is 23.9. The van der Waals surface area contributed by atoms with E-state index >= 15 is 0 Å². The fraction of sp³-hybridized carbons (Fsp3) is 0. The minimum absolute atomic E-state index is 0.0363. The van der Waals surface area contributed by atoms with Gasteiger partial charge in [-0.1, -0.05) is 48.5 Å². The van der Waals surface area contributed by atoms with E-state index in [9.17, 15) is 19.7 Å². The van der Waals surface area contributed by atoms with Crippen molar-refractivity contribution in [1.29, 1.82) is 0 Å². The molecule has 1 heterocycles. The number of hydrogen-bond acceptors (Lipinski definition) is 6. The van der Waals surface area contributed by atoms with Crippen molar-refractivity contribution in [2.75, 3.05) is 5.32 Å². The largest absolute Gasteiger partial charge is 0.313 e. The van der Waals surface area contributed by atoms with Gasteiger partial charge in [-0.2, -0.15) is 5.10 Å². The number of thiophene rings is 1. The molecule has 1 aromatic heterocycles. The van der Waals surface area contributed by atoms with E-state index in [1.165, 1.54) is 41.8 Å². The summed E-state index contributed by atoms with van der Waals surface area (Å²) in [6.45, 7) is 0. The maximum atomic E-state index is 13.1. The molecule has 0 aliphatic heterocycles. The molecule has 0 aliphatic carbocycles. The van der Waals surface area contributed by atoms with E-state index in [1.807, 2.05) is 41.8 Å². The van der Waals surface area contributed by atoms with Crippen LogP contribution in [0.5, 0.6) is 0 Å². The van der Waals surface area contributed by atoms with Gasteiger partial charge in [-0.25, -0.2) is 5.43 Å². The summed E-state index contributed by atoms with van der Waals surface area (Å²) in [5.74, 6) is -0.827. The van der Waals surface area contributed by atoms with Gasteiger partial charge in [-0.05, 0) is 35.4 Å². The average Bonchev–Trinajstić information content (AvgIpc) is 3.29. The molecular weight excluding hydrogens is 452 g/mol. The van der Waals surface area contributed by atoms with E-state index in [0.717, 1.165) is 5.56 Å². The Morgan fingerprint density at radius 1 is 0.882 bits per heavy atom. The van der Waals surface area contributed by atoms with Gasteiger partial charge in [0.05, 0.1) is 16.7 Å². The number of nitrogens with one attached hydrogen (secondary N) is 2. The number of hydrazone groups is 1. The van der Waals surface area contributed by atoms with Crippen LogP contribution in [0.3, 0.4) is 0 Å². The quantitative estimate of drug-likeness (QED) is 0.216. The van der Waals surface area contributed by atoms with Gasteiger partial charge >= 0.3 is 0 Å². The van der Waals surface area contributed by atoms with Gasteiger partial charge in [0.2, 0.25) is 0 Å². The van der Waals surface area contributed by atoms with E-state index in [0.29, 0.717) is 27.3 Å². The molecule has 0 unspecified atom stereocenters. The maximum Gasteiger partial charge on any atom is 0.275 e. The smallest absolute Gasteiger partial charge is 0.275 e. The van der Waals surface area contributed by atoms with Crippen LogP contribution in [0.4, 0.5) is 10.7 Å². The van der Waals surface area contributed by atoms with E-state index in [4.69, 9.17) is 0 Å². The second-order valence-corrected chi connectivity index (χ2v) is 7.97. The van der Waals surface area contributed by atoms with Crippen molar-refractivity contribution < 1.29 is 14.5 Å². The molecule has 34 heavy (non-hydrogen) atoms. The lowest BCUT2D eigenvalue weighted by molar-refractivity contribution is -0.384. The van der Waals surface area contributed by atoms with Crippen LogP contribution in [-0.2, 0) is 0 Å². The van der Waals surface area contributed by atoms with Gasteiger partial charge in [0.15, 0.2) is 0 Å². The van der Waals surface area contributed by atoms with Crippen LogP contribution >= 0.6 is 11.3 Å². The van der Waals surface area contributed by atoms with Crippen LogP contribution in [0, 0.1) is 10.1 Å². The van der Waals surface area contributed by atoms with E-state index in [-0.39, 0.29) is 11.6 Å². The van der Waals surface area contributed by atoms with Gasteiger partial charge in [0.25, 0.3) is 17.5 Å². The topological polar surface area (TPSA) is 114 Å². The Morgan fingerprint density at radius 2 is 1.53 bits per heavy atom. The lowest BCUT2D eigenvalue weighted by Crippen LogP contribution is -2.20. The highest BCUT2D eigenvalue weighted by atomic mass is 32.1. The molecule has 0 saturated carbocycles. The first kappa shape index (κ1) is 22.6. The summed E-state index contributed by atoms with van der Waals surface area (Å²) in [6, 6.07) is 23.8. The molecule has 8 nitrogen and oxygen atoms in total. The molecule has 9 heteroatoms. The standard InChI is InChI=1S/C25H18N4O4S/c30-23(19-9-5-2-6-10-19)27-25-22(21(16-34-25)18-7-3-1-4-8-18)24(31)28-26-15-17-11-13-20(14-12-17)29(32)33/h1-16H,(H,27,30)(H,28,31)/b26-15+. The molecule has 0 radical (unpaired) electrons. The average molecular weight is 471 g/mol. The number of nitro groups is 1. The number of carbonyl (C=O) groups is 2. The maximum absolute atomic E-state index is 13.1. The van der Waals surface area contributed by atoms with Crippen molar-refractivity contribution in [3.63, 3.8) is 0 Å². The van der Waals surface area contributed by atoms with Crippen molar-refractivity contribution in [2.24, 2.45) is 5.10 Å². The Bertz CT molecular complexity index is 1350. The first-order chi connectivity index (χ1) is 16.5. The number of carbonyl (C=O) groups excluding carboxylic acids is 2. The molecule has 0 spiro atoms. The lowest BCUT2D eigenvalue weighted by Gasteiger charge is -2.08. The summed E-state index contributed by atoms with van der Waals surface area (Å²) in [5.41, 5.74) is 5.28. The van der Waals surface area contributed by atoms with Crippen molar-refractivity contribution in [1.82, 2.24) is 5.43 Å². The molecule has 0 atom stereocenters. The zero-order valence-electron chi connectivity index (χ0n) is 17.7. The normalized spacial score (nSPS) is 10.7. The van der Waals surface area contributed by atoms with Crippen molar-refractivity contribution in [2.45, 2.75) is 0 Å². The number of rotatable bonds is 7. The van der Waals surface area contributed by atoms with Crippen molar-refractivity contribution in [3.8, 4) is 11.1 Å². The molecular formula is C25H18N4O4S. The van der Waals surface area contributed by atoms with Crippen LogP contribution in [0.25, 0.3) is 11.1 Å². The van der Waals surface area contributed by atoms with Crippen LogP contribution < -0.4 is 10.7 Å². The molecule has 4 rings (SSSR count). The number of nitrogens with zero attached hydrogens (tertiary/aromatic N) is 2. The first-order valence-corrected chi connectivity index (χ1v) is 11.0. The third-order valence-corrected chi connectivity index (χ3v) is 5.74. The van der Waals surface area contributed by atoms with Gasteiger partial charge in [0.1, 0.15) is 5.00 Å².